The molecule has 3 aromatic rings. The summed E-state index contributed by atoms with van der Waals surface area (Å²) in [5, 5.41) is 0. The lowest BCUT2D eigenvalue weighted by atomic mass is 10.3. The molecule has 1 aliphatic heterocycles. The Bertz CT molecular complexity index is 905. The molecule has 0 unspecified atom stereocenters. The van der Waals surface area contributed by atoms with Crippen LogP contribution in [0.15, 0.2) is 66.7 Å². The summed E-state index contributed by atoms with van der Waals surface area (Å²) in [7, 11) is 0. The van der Waals surface area contributed by atoms with Crippen molar-refractivity contribution < 1.29 is 28.4 Å². The monoisotopic (exact) mass is 437 g/mol. The molecule has 0 saturated heterocycles. The Morgan fingerprint density at radius 1 is 0.438 bits per heavy atom. The van der Waals surface area contributed by atoms with Crippen molar-refractivity contribution in [3.63, 3.8) is 0 Å². The van der Waals surface area contributed by atoms with Crippen LogP contribution in [0, 0.1) is 0 Å². The number of para-hydroxylation sites is 4. The predicted molar refractivity (Wildman–Crippen MR) is 118 cm³/mol. The van der Waals surface area contributed by atoms with E-state index in [1.54, 1.807) is 0 Å². The first-order valence-corrected chi connectivity index (χ1v) is 10.7. The maximum absolute atomic E-state index is 5.87. The van der Waals surface area contributed by atoms with E-state index in [1.165, 1.54) is 0 Å². The van der Waals surface area contributed by atoms with Crippen LogP contribution in [-0.2, 0) is 22.7 Å². The molecule has 32 heavy (non-hydrogen) atoms. The summed E-state index contributed by atoms with van der Waals surface area (Å²) in [6, 6.07) is 20.9. The Labute approximate surface area is 187 Å². The van der Waals surface area contributed by atoms with E-state index in [0.717, 1.165) is 11.4 Å². The Morgan fingerprint density at radius 2 is 0.812 bits per heavy atom. The van der Waals surface area contributed by atoms with E-state index in [2.05, 4.69) is 4.98 Å². The molecule has 1 aliphatic rings. The summed E-state index contributed by atoms with van der Waals surface area (Å²) >= 11 is 0. The molecule has 0 spiro atoms. The van der Waals surface area contributed by atoms with Crippen LogP contribution in [0.25, 0.3) is 0 Å². The highest BCUT2D eigenvalue weighted by Gasteiger charge is 2.08. The maximum Gasteiger partial charge on any atom is 0.161 e. The third-order valence-corrected chi connectivity index (χ3v) is 4.63. The molecule has 168 valence electrons. The third kappa shape index (κ3) is 6.60. The fraction of sp³-hybridized carbons (Fsp3) is 0.320. The third-order valence-electron chi connectivity index (χ3n) is 4.63. The Balaban J connectivity index is 1.43. The van der Waals surface area contributed by atoms with E-state index in [4.69, 9.17) is 28.4 Å². The first-order valence-electron chi connectivity index (χ1n) is 10.7. The largest absolute Gasteiger partial charge is 0.487 e. The molecular weight excluding hydrogens is 410 g/mol. The maximum atomic E-state index is 5.87. The zero-order valence-corrected chi connectivity index (χ0v) is 17.9. The van der Waals surface area contributed by atoms with E-state index in [0.29, 0.717) is 75.9 Å². The number of rotatable bonds is 0. The van der Waals surface area contributed by atoms with Crippen LogP contribution < -0.4 is 18.9 Å². The molecule has 0 aliphatic carbocycles. The van der Waals surface area contributed by atoms with Crippen molar-refractivity contribution >= 4 is 0 Å². The first kappa shape index (κ1) is 21.9. The number of benzene rings is 2. The minimum Gasteiger partial charge on any atom is -0.487 e. The van der Waals surface area contributed by atoms with Crippen LogP contribution in [0.5, 0.6) is 23.0 Å². The number of hydrogen-bond donors (Lipinski definition) is 0. The van der Waals surface area contributed by atoms with Crippen LogP contribution >= 0.6 is 0 Å². The molecule has 0 saturated carbocycles. The van der Waals surface area contributed by atoms with Gasteiger partial charge in [-0.3, -0.25) is 4.98 Å². The molecule has 0 N–H and O–H groups in total. The van der Waals surface area contributed by atoms with Crippen molar-refractivity contribution in [3.8, 4) is 23.0 Å². The quantitative estimate of drug-likeness (QED) is 0.526. The average molecular weight is 437 g/mol. The number of pyridine rings is 1. The summed E-state index contributed by atoms with van der Waals surface area (Å²) in [5.41, 5.74) is 1.70. The molecule has 2 heterocycles. The Hall–Kier alpha value is -3.29. The van der Waals surface area contributed by atoms with Crippen LogP contribution in [0.4, 0.5) is 0 Å². The second kappa shape index (κ2) is 11.9. The fourth-order valence-electron chi connectivity index (χ4n) is 3.15. The second-order valence-corrected chi connectivity index (χ2v) is 7.01. The molecule has 0 fully saturated rings. The molecule has 0 atom stereocenters. The van der Waals surface area contributed by atoms with E-state index >= 15 is 0 Å². The summed E-state index contributed by atoms with van der Waals surface area (Å²) < 4.78 is 34.9. The van der Waals surface area contributed by atoms with Crippen molar-refractivity contribution in [1.82, 2.24) is 4.98 Å². The van der Waals surface area contributed by atoms with E-state index in [9.17, 15) is 0 Å². The van der Waals surface area contributed by atoms with Crippen molar-refractivity contribution in [3.05, 3.63) is 78.1 Å². The van der Waals surface area contributed by atoms with E-state index in [1.807, 2.05) is 66.7 Å². The normalized spacial score (nSPS) is 15.9. The minimum absolute atomic E-state index is 0.371. The smallest absolute Gasteiger partial charge is 0.161 e. The lowest BCUT2D eigenvalue weighted by molar-refractivity contribution is 0.0813. The van der Waals surface area contributed by atoms with Gasteiger partial charge in [0.1, 0.15) is 26.4 Å². The van der Waals surface area contributed by atoms with Gasteiger partial charge >= 0.3 is 0 Å². The van der Waals surface area contributed by atoms with Crippen LogP contribution in [0.3, 0.4) is 0 Å². The number of aromatic nitrogens is 1. The molecule has 1 aromatic heterocycles. The van der Waals surface area contributed by atoms with Crippen molar-refractivity contribution in [2.75, 3.05) is 39.6 Å². The topological polar surface area (TPSA) is 68.3 Å². The lowest BCUT2D eigenvalue weighted by Gasteiger charge is -2.14. The highest BCUT2D eigenvalue weighted by Crippen LogP contribution is 2.28. The van der Waals surface area contributed by atoms with Gasteiger partial charge in [-0.15, -0.1) is 0 Å². The number of nitrogens with zero attached hydrogens (tertiary/aromatic N) is 1. The fourth-order valence-corrected chi connectivity index (χ4v) is 3.15. The highest BCUT2D eigenvalue weighted by molar-refractivity contribution is 5.40. The zero-order valence-electron chi connectivity index (χ0n) is 17.9. The molecule has 0 amide bonds. The van der Waals surface area contributed by atoms with Gasteiger partial charge in [0.25, 0.3) is 0 Å². The zero-order chi connectivity index (χ0) is 21.8. The molecule has 0 radical (unpaired) electrons. The van der Waals surface area contributed by atoms with Gasteiger partial charge in [0, 0.05) is 0 Å². The van der Waals surface area contributed by atoms with Crippen molar-refractivity contribution in [2.24, 2.45) is 0 Å². The van der Waals surface area contributed by atoms with E-state index < -0.39 is 0 Å². The molecule has 2 aromatic carbocycles. The van der Waals surface area contributed by atoms with Crippen LogP contribution in [-0.4, -0.2) is 44.6 Å². The predicted octanol–water partition coefficient (Wildman–Crippen LogP) is 4.04. The molecule has 7 heteroatoms. The van der Waals surface area contributed by atoms with Gasteiger partial charge in [-0.1, -0.05) is 30.3 Å². The van der Waals surface area contributed by atoms with Crippen LogP contribution in [0.1, 0.15) is 11.4 Å². The standard InChI is InChI=1S/C25H27NO6/c1-3-10-24-22(8-1)29-14-12-27-18-20-6-5-7-21(26-20)19-28-13-15-30-23-9-2-4-11-25(23)32-17-16-31-24/h1-11H,12-19H2. The Morgan fingerprint density at radius 3 is 1.22 bits per heavy atom. The SMILES string of the molecule is c1cc2nc(c1)COCCOc1ccccc1OCCOc1ccccc1OCCOC2. The second-order valence-electron chi connectivity index (χ2n) is 7.01. The van der Waals surface area contributed by atoms with Gasteiger partial charge in [0.15, 0.2) is 23.0 Å². The average Bonchev–Trinajstić information content (AvgIpc) is 2.83. The van der Waals surface area contributed by atoms with E-state index in [-0.39, 0.29) is 0 Å². The minimum atomic E-state index is 0.371. The van der Waals surface area contributed by atoms with Gasteiger partial charge in [0.2, 0.25) is 0 Å². The van der Waals surface area contributed by atoms with Crippen molar-refractivity contribution in [1.29, 1.82) is 0 Å². The summed E-state index contributed by atoms with van der Waals surface area (Å²) in [6.07, 6.45) is 0. The molecular formula is C25H27NO6. The number of ether oxygens (including phenoxy) is 6. The molecule has 7 nitrogen and oxygen atoms in total. The van der Waals surface area contributed by atoms with Gasteiger partial charge in [-0.25, -0.2) is 0 Å². The summed E-state index contributed by atoms with van der Waals surface area (Å²) in [6.45, 7) is 3.25. The molecule has 4 rings (SSSR count). The first-order chi connectivity index (χ1) is 15.9. The Kier molecular flexibility index (Phi) is 8.17. The van der Waals surface area contributed by atoms with Gasteiger partial charge in [-0.05, 0) is 36.4 Å². The van der Waals surface area contributed by atoms with Gasteiger partial charge < -0.3 is 28.4 Å². The van der Waals surface area contributed by atoms with Gasteiger partial charge in [0.05, 0.1) is 37.8 Å². The highest BCUT2D eigenvalue weighted by atomic mass is 16.6. The number of fused-ring (bicyclic) bond motifs is 4. The van der Waals surface area contributed by atoms with Crippen molar-refractivity contribution in [2.45, 2.75) is 13.2 Å². The van der Waals surface area contributed by atoms with Gasteiger partial charge in [-0.2, -0.15) is 0 Å². The number of hydrogen-bond acceptors (Lipinski definition) is 7. The summed E-state index contributed by atoms with van der Waals surface area (Å²) in [4.78, 5) is 4.58. The summed E-state index contributed by atoms with van der Waals surface area (Å²) in [5.74, 6) is 2.67. The lowest BCUT2D eigenvalue weighted by Crippen LogP contribution is -2.12. The van der Waals surface area contributed by atoms with Crippen LogP contribution in [0.2, 0.25) is 0 Å². The molecule has 2 bridgehead atoms.